The third-order valence-electron chi connectivity index (χ3n) is 5.98. The fourth-order valence-corrected chi connectivity index (χ4v) is 4.83. The first kappa shape index (κ1) is 19.4. The predicted octanol–water partition coefficient (Wildman–Crippen LogP) is 4.23. The molecule has 1 heterocycles. The van der Waals surface area contributed by atoms with Crippen molar-refractivity contribution < 1.29 is 9.53 Å². The topological polar surface area (TPSA) is 29.5 Å². The van der Waals surface area contributed by atoms with Gasteiger partial charge in [0.2, 0.25) is 0 Å². The minimum atomic E-state index is -0.140. The molecule has 26 heavy (non-hydrogen) atoms. The van der Waals surface area contributed by atoms with E-state index in [0.717, 1.165) is 45.4 Å². The van der Waals surface area contributed by atoms with E-state index < -0.39 is 0 Å². The molecule has 1 saturated heterocycles. The Hall–Kier alpha value is -1.36. The number of nitrogens with zero attached hydrogens (tertiary/aromatic N) is 1. The normalized spacial score (nSPS) is 29.0. The summed E-state index contributed by atoms with van der Waals surface area (Å²) in [6.07, 6.45) is 14.7. The first-order valence-electron chi connectivity index (χ1n) is 9.44. The zero-order valence-electron chi connectivity index (χ0n) is 15.8. The molecule has 0 aromatic heterocycles. The lowest BCUT2D eigenvalue weighted by atomic mass is 9.60. The number of rotatable bonds is 7. The summed E-state index contributed by atoms with van der Waals surface area (Å²) in [6.45, 7) is 5.79. The van der Waals surface area contributed by atoms with Gasteiger partial charge < -0.3 is 9.53 Å². The van der Waals surface area contributed by atoms with Gasteiger partial charge in [0.15, 0.2) is 0 Å². The molecule has 3 nitrogen and oxygen atoms in total. The predicted molar refractivity (Wildman–Crippen MR) is 109 cm³/mol. The van der Waals surface area contributed by atoms with E-state index in [1.165, 1.54) is 10.5 Å². The van der Waals surface area contributed by atoms with Gasteiger partial charge in [-0.3, -0.25) is 4.90 Å². The number of unbranched alkanes of at least 4 members (excludes halogenated alkanes) is 1. The van der Waals surface area contributed by atoms with E-state index in [1.807, 2.05) is 0 Å². The Bertz CT molecular complexity index is 663. The van der Waals surface area contributed by atoms with E-state index in [0.29, 0.717) is 6.42 Å². The number of benzene rings is 1. The lowest BCUT2D eigenvalue weighted by Gasteiger charge is -2.54. The minimum Gasteiger partial charge on any atom is -0.379 e. The molecule has 1 aromatic carbocycles. The van der Waals surface area contributed by atoms with Gasteiger partial charge in [-0.15, -0.1) is 11.8 Å². The molecule has 4 heteroatoms. The van der Waals surface area contributed by atoms with Crippen LogP contribution in [0.5, 0.6) is 0 Å². The number of carbonyl (C=O) groups is 1. The number of thioether (sulfide) groups is 1. The highest BCUT2D eigenvalue weighted by Gasteiger charge is 2.50. The van der Waals surface area contributed by atoms with Gasteiger partial charge in [-0.25, -0.2) is 0 Å². The molecular weight excluding hydrogens is 342 g/mol. The molecule has 1 aliphatic heterocycles. The minimum absolute atomic E-state index is 0.130. The first-order chi connectivity index (χ1) is 12.7. The highest BCUT2D eigenvalue weighted by molar-refractivity contribution is 7.98. The van der Waals surface area contributed by atoms with Crippen molar-refractivity contribution in [3.8, 4) is 0 Å². The summed E-state index contributed by atoms with van der Waals surface area (Å²) < 4.78 is 5.61. The second-order valence-electron chi connectivity index (χ2n) is 7.22. The van der Waals surface area contributed by atoms with Gasteiger partial charge in [0, 0.05) is 35.4 Å². The Morgan fingerprint density at radius 3 is 2.50 bits per heavy atom. The van der Waals surface area contributed by atoms with Gasteiger partial charge in [0.1, 0.15) is 6.29 Å². The van der Waals surface area contributed by atoms with Crippen LogP contribution in [0.1, 0.15) is 31.7 Å². The molecule has 0 amide bonds. The summed E-state index contributed by atoms with van der Waals surface area (Å²) >= 11 is 1.77. The molecule has 3 rings (SSSR count). The third-order valence-corrected chi connectivity index (χ3v) is 6.73. The van der Waals surface area contributed by atoms with Crippen LogP contribution in [0, 0.1) is 0 Å². The number of aldehydes is 1. The average Bonchev–Trinajstić information content (AvgIpc) is 2.70. The van der Waals surface area contributed by atoms with Crippen molar-refractivity contribution in [1.29, 1.82) is 0 Å². The van der Waals surface area contributed by atoms with Crippen molar-refractivity contribution >= 4 is 18.0 Å². The van der Waals surface area contributed by atoms with Crippen LogP contribution in [0.3, 0.4) is 0 Å². The van der Waals surface area contributed by atoms with Gasteiger partial charge >= 0.3 is 0 Å². The van der Waals surface area contributed by atoms with Crippen molar-refractivity contribution in [2.45, 2.75) is 42.0 Å². The lowest BCUT2D eigenvalue weighted by molar-refractivity contribution is -0.108. The molecule has 1 aromatic rings. The molecule has 1 fully saturated rings. The SMILES string of the molecule is CSc1ccc(C2(CCCC=O)C=CC=CC2(C)N2CCOCC2)cc1. The summed E-state index contributed by atoms with van der Waals surface area (Å²) in [4.78, 5) is 14.8. The van der Waals surface area contributed by atoms with E-state index in [4.69, 9.17) is 4.74 Å². The molecule has 0 N–H and O–H groups in total. The molecule has 1 aliphatic carbocycles. The van der Waals surface area contributed by atoms with Crippen LogP contribution < -0.4 is 0 Å². The van der Waals surface area contributed by atoms with Crippen LogP contribution in [0.15, 0.2) is 53.5 Å². The Labute approximate surface area is 161 Å². The monoisotopic (exact) mass is 371 g/mol. The van der Waals surface area contributed by atoms with Crippen LogP contribution in [0.25, 0.3) is 0 Å². The van der Waals surface area contributed by atoms with Gasteiger partial charge in [-0.2, -0.15) is 0 Å². The lowest BCUT2D eigenvalue weighted by Crippen LogP contribution is -2.62. The second kappa shape index (κ2) is 8.55. The Morgan fingerprint density at radius 1 is 1.15 bits per heavy atom. The number of carbonyl (C=O) groups excluding carboxylic acids is 1. The number of ether oxygens (including phenoxy) is 1. The van der Waals surface area contributed by atoms with Crippen LogP contribution in [0.4, 0.5) is 0 Å². The maximum absolute atomic E-state index is 11.0. The summed E-state index contributed by atoms with van der Waals surface area (Å²) in [6, 6.07) is 8.98. The standard InChI is InChI=1S/C22H29NO2S/c1-21(23-14-17-25-18-15-23)11-3-4-12-22(21,13-5-6-16-24)19-7-9-20(26-2)10-8-19/h3-4,7-12,16H,5-6,13-15,17-18H2,1-2H3. The van der Waals surface area contributed by atoms with Crippen LogP contribution in [-0.4, -0.2) is 49.3 Å². The Kier molecular flexibility index (Phi) is 6.38. The summed E-state index contributed by atoms with van der Waals surface area (Å²) in [5.41, 5.74) is 1.06. The van der Waals surface area contributed by atoms with Crippen molar-refractivity contribution in [3.05, 3.63) is 54.1 Å². The number of hydrogen-bond acceptors (Lipinski definition) is 4. The third kappa shape index (κ3) is 3.55. The van der Waals surface area contributed by atoms with Crippen molar-refractivity contribution in [2.75, 3.05) is 32.6 Å². The van der Waals surface area contributed by atoms with E-state index >= 15 is 0 Å². The van der Waals surface area contributed by atoms with E-state index in [-0.39, 0.29) is 11.0 Å². The number of hydrogen-bond donors (Lipinski definition) is 0. The molecule has 0 radical (unpaired) electrons. The Balaban J connectivity index is 2.04. The quantitative estimate of drug-likeness (QED) is 0.407. The van der Waals surface area contributed by atoms with E-state index in [9.17, 15) is 4.79 Å². The van der Waals surface area contributed by atoms with E-state index in [1.54, 1.807) is 11.8 Å². The molecule has 2 atom stereocenters. The summed E-state index contributed by atoms with van der Waals surface area (Å²) in [5.74, 6) is 0. The first-order valence-corrected chi connectivity index (χ1v) is 10.7. The maximum Gasteiger partial charge on any atom is 0.119 e. The van der Waals surface area contributed by atoms with Gasteiger partial charge in [0.05, 0.1) is 13.2 Å². The van der Waals surface area contributed by atoms with Gasteiger partial charge in [-0.05, 0) is 43.7 Å². The highest BCUT2D eigenvalue weighted by Crippen LogP contribution is 2.48. The molecule has 2 unspecified atom stereocenters. The van der Waals surface area contributed by atoms with Crippen molar-refractivity contribution in [1.82, 2.24) is 4.90 Å². The van der Waals surface area contributed by atoms with E-state index in [2.05, 4.69) is 66.6 Å². The van der Waals surface area contributed by atoms with Gasteiger partial charge in [-0.1, -0.05) is 36.4 Å². The van der Waals surface area contributed by atoms with Crippen molar-refractivity contribution in [2.24, 2.45) is 0 Å². The molecule has 0 bridgehead atoms. The second-order valence-corrected chi connectivity index (χ2v) is 8.10. The zero-order chi connectivity index (χ0) is 18.5. The maximum atomic E-state index is 11.0. The van der Waals surface area contributed by atoms with Crippen LogP contribution in [0.2, 0.25) is 0 Å². The number of morpholine rings is 1. The van der Waals surface area contributed by atoms with Crippen molar-refractivity contribution in [3.63, 3.8) is 0 Å². The zero-order valence-corrected chi connectivity index (χ0v) is 16.6. The van der Waals surface area contributed by atoms with Gasteiger partial charge in [0.25, 0.3) is 0 Å². The largest absolute Gasteiger partial charge is 0.379 e. The smallest absolute Gasteiger partial charge is 0.119 e. The number of allylic oxidation sites excluding steroid dienone is 2. The fraction of sp³-hybridized carbons (Fsp3) is 0.500. The summed E-state index contributed by atoms with van der Waals surface area (Å²) in [5, 5.41) is 0. The summed E-state index contributed by atoms with van der Waals surface area (Å²) in [7, 11) is 0. The molecule has 0 saturated carbocycles. The highest BCUT2D eigenvalue weighted by atomic mass is 32.2. The van der Waals surface area contributed by atoms with Crippen LogP contribution in [-0.2, 0) is 14.9 Å². The fourth-order valence-electron chi connectivity index (χ4n) is 4.42. The molecule has 0 spiro atoms. The Morgan fingerprint density at radius 2 is 1.85 bits per heavy atom. The van der Waals surface area contributed by atoms with Crippen LogP contribution >= 0.6 is 11.8 Å². The molecule has 140 valence electrons. The molecular formula is C22H29NO2S. The average molecular weight is 372 g/mol. The molecule has 2 aliphatic rings.